The number of nitrogens with zero attached hydrogens (tertiary/aromatic N) is 3. The number of ether oxygens (including phenoxy) is 1. The summed E-state index contributed by atoms with van der Waals surface area (Å²) in [4.78, 5) is 2.39. The van der Waals surface area contributed by atoms with Gasteiger partial charge in [0, 0.05) is 36.4 Å². The minimum atomic E-state index is -0.433. The molecule has 1 saturated heterocycles. The Hall–Kier alpha value is -1.87. The van der Waals surface area contributed by atoms with Gasteiger partial charge in [-0.2, -0.15) is 10.4 Å². The number of benzene rings is 1. The minimum Gasteiger partial charge on any atom is -0.355 e. The highest BCUT2D eigenvalue weighted by Gasteiger charge is 2.38. The largest absolute Gasteiger partial charge is 0.355 e. The number of aryl methyl sites for hydroxylation is 1. The average molecular weight is 345 g/mol. The summed E-state index contributed by atoms with van der Waals surface area (Å²) in [6.45, 7) is 4.85. The Kier molecular flexibility index (Phi) is 5.20. The Bertz CT molecular complexity index is 715. The van der Waals surface area contributed by atoms with Crippen molar-refractivity contribution in [3.8, 4) is 6.07 Å². The molecule has 0 aliphatic carbocycles. The molecule has 2 heterocycles. The molecular weight excluding hydrogens is 324 g/mol. The molecule has 1 aliphatic rings. The van der Waals surface area contributed by atoms with Gasteiger partial charge >= 0.3 is 0 Å². The van der Waals surface area contributed by atoms with E-state index in [1.807, 2.05) is 30.6 Å². The topological polar surface area (TPSA) is 64.9 Å². The third kappa shape index (κ3) is 3.62. The van der Waals surface area contributed by atoms with Crippen molar-refractivity contribution < 1.29 is 4.74 Å². The van der Waals surface area contributed by atoms with Gasteiger partial charge in [0.25, 0.3) is 0 Å². The fourth-order valence-corrected chi connectivity index (χ4v) is 3.61. The van der Waals surface area contributed by atoms with Gasteiger partial charge in [-0.25, -0.2) is 0 Å². The van der Waals surface area contributed by atoms with Gasteiger partial charge in [-0.1, -0.05) is 17.7 Å². The number of hydrogen-bond acceptors (Lipinski definition) is 4. The van der Waals surface area contributed by atoms with Gasteiger partial charge in [-0.15, -0.1) is 0 Å². The lowest BCUT2D eigenvalue weighted by Crippen LogP contribution is -2.44. The summed E-state index contributed by atoms with van der Waals surface area (Å²) in [6, 6.07) is 8.01. The normalized spacial score (nSPS) is 17.5. The van der Waals surface area contributed by atoms with E-state index in [9.17, 15) is 0 Å². The van der Waals surface area contributed by atoms with Gasteiger partial charge in [0.05, 0.1) is 17.9 Å². The van der Waals surface area contributed by atoms with Crippen LogP contribution in [-0.4, -0.2) is 34.8 Å². The molecule has 1 fully saturated rings. The molecule has 0 saturated carbocycles. The van der Waals surface area contributed by atoms with Crippen LogP contribution in [0.5, 0.6) is 0 Å². The third-order valence-electron chi connectivity index (χ3n) is 4.73. The predicted molar refractivity (Wildman–Crippen MR) is 92.5 cm³/mol. The minimum absolute atomic E-state index is 0.0910. The van der Waals surface area contributed by atoms with Gasteiger partial charge in [-0.3, -0.25) is 10.00 Å². The smallest absolute Gasteiger partial charge is 0.134 e. The van der Waals surface area contributed by atoms with Crippen LogP contribution in [-0.2, 0) is 16.9 Å². The highest BCUT2D eigenvalue weighted by Crippen LogP contribution is 2.39. The van der Waals surface area contributed by atoms with Crippen molar-refractivity contribution in [2.45, 2.75) is 31.9 Å². The van der Waals surface area contributed by atoms with Crippen LogP contribution in [0.4, 0.5) is 0 Å². The molecular formula is C18H21ClN4O. The van der Waals surface area contributed by atoms with Crippen LogP contribution in [0.1, 0.15) is 29.5 Å². The summed E-state index contributed by atoms with van der Waals surface area (Å²) < 4.78 is 6.06. The monoisotopic (exact) mass is 344 g/mol. The maximum Gasteiger partial charge on any atom is 0.134 e. The summed E-state index contributed by atoms with van der Waals surface area (Å²) in [5, 5.41) is 16.5. The maximum absolute atomic E-state index is 8.98. The standard InChI is InChI=1S/C18H21ClN4O/c1-14-2-3-16(19)10-17(14)18(24-9-6-20)4-7-23(8-5-18)13-15-11-21-22-12-15/h2-3,10-12H,4-5,7-9,13H2,1H3,(H,21,22). The van der Waals surface area contributed by atoms with E-state index < -0.39 is 5.60 Å². The van der Waals surface area contributed by atoms with Crippen molar-refractivity contribution in [2.75, 3.05) is 19.7 Å². The Morgan fingerprint density at radius 1 is 1.42 bits per heavy atom. The van der Waals surface area contributed by atoms with Crippen molar-refractivity contribution in [1.29, 1.82) is 5.26 Å². The van der Waals surface area contributed by atoms with E-state index in [0.29, 0.717) is 5.02 Å². The molecule has 1 aromatic heterocycles. The number of hydrogen-bond donors (Lipinski definition) is 1. The van der Waals surface area contributed by atoms with Crippen LogP contribution in [0.15, 0.2) is 30.6 Å². The van der Waals surface area contributed by atoms with E-state index in [1.165, 1.54) is 5.56 Å². The van der Waals surface area contributed by atoms with Crippen molar-refractivity contribution >= 4 is 11.6 Å². The Labute approximate surface area is 147 Å². The van der Waals surface area contributed by atoms with Gasteiger partial charge in [0.1, 0.15) is 6.61 Å². The lowest BCUT2D eigenvalue weighted by atomic mass is 9.81. The van der Waals surface area contributed by atoms with Crippen molar-refractivity contribution in [3.05, 3.63) is 52.3 Å². The molecule has 1 N–H and O–H groups in total. The molecule has 1 aromatic carbocycles. The lowest BCUT2D eigenvalue weighted by Gasteiger charge is -2.42. The molecule has 0 amide bonds. The number of aromatic nitrogens is 2. The summed E-state index contributed by atoms with van der Waals surface area (Å²) in [5.41, 5.74) is 3.01. The van der Waals surface area contributed by atoms with Gasteiger partial charge in [0.2, 0.25) is 0 Å². The van der Waals surface area contributed by atoms with Crippen molar-refractivity contribution in [2.24, 2.45) is 0 Å². The van der Waals surface area contributed by atoms with Crippen LogP contribution in [0.3, 0.4) is 0 Å². The zero-order chi connectivity index (χ0) is 17.0. The molecule has 0 radical (unpaired) electrons. The molecule has 0 unspecified atom stereocenters. The number of nitriles is 1. The summed E-state index contributed by atoms with van der Waals surface area (Å²) in [7, 11) is 0. The van der Waals surface area contributed by atoms with E-state index in [0.717, 1.165) is 43.6 Å². The summed E-state index contributed by atoms with van der Waals surface area (Å²) in [5.74, 6) is 0. The zero-order valence-corrected chi connectivity index (χ0v) is 14.5. The van der Waals surface area contributed by atoms with Crippen LogP contribution in [0.25, 0.3) is 0 Å². The first-order valence-electron chi connectivity index (χ1n) is 8.10. The third-order valence-corrected chi connectivity index (χ3v) is 4.96. The van der Waals surface area contributed by atoms with E-state index in [4.69, 9.17) is 21.6 Å². The van der Waals surface area contributed by atoms with Crippen molar-refractivity contribution in [1.82, 2.24) is 15.1 Å². The number of piperidine rings is 1. The summed E-state index contributed by atoms with van der Waals surface area (Å²) >= 11 is 6.21. The van der Waals surface area contributed by atoms with Crippen LogP contribution < -0.4 is 0 Å². The molecule has 0 spiro atoms. The lowest BCUT2D eigenvalue weighted by molar-refractivity contribution is -0.0786. The summed E-state index contributed by atoms with van der Waals surface area (Å²) in [6.07, 6.45) is 5.46. The predicted octanol–water partition coefficient (Wildman–Crippen LogP) is 3.40. The average Bonchev–Trinajstić information content (AvgIpc) is 3.10. The van der Waals surface area contributed by atoms with Crippen LogP contribution >= 0.6 is 11.6 Å². The van der Waals surface area contributed by atoms with Gasteiger partial charge in [0.15, 0.2) is 0 Å². The Balaban J connectivity index is 1.78. The molecule has 0 atom stereocenters. The second kappa shape index (κ2) is 7.35. The molecule has 1 aliphatic heterocycles. The zero-order valence-electron chi connectivity index (χ0n) is 13.8. The molecule has 126 valence electrons. The maximum atomic E-state index is 8.98. The second-order valence-electron chi connectivity index (χ2n) is 6.28. The number of likely N-dealkylation sites (tertiary alicyclic amines) is 1. The molecule has 3 rings (SSSR count). The second-order valence-corrected chi connectivity index (χ2v) is 6.72. The number of aromatic amines is 1. The number of H-pyrrole nitrogens is 1. The first-order valence-corrected chi connectivity index (χ1v) is 8.48. The first kappa shape index (κ1) is 17.0. The molecule has 2 aromatic rings. The van der Waals surface area contributed by atoms with Crippen LogP contribution in [0, 0.1) is 18.3 Å². The van der Waals surface area contributed by atoms with Crippen molar-refractivity contribution in [3.63, 3.8) is 0 Å². The molecule has 6 heteroatoms. The number of rotatable bonds is 5. The number of halogens is 1. The van der Waals surface area contributed by atoms with Crippen LogP contribution in [0.2, 0.25) is 5.02 Å². The molecule has 24 heavy (non-hydrogen) atoms. The fourth-order valence-electron chi connectivity index (χ4n) is 3.44. The first-order chi connectivity index (χ1) is 11.6. The van der Waals surface area contributed by atoms with E-state index >= 15 is 0 Å². The number of nitrogens with one attached hydrogen (secondary N) is 1. The molecule has 5 nitrogen and oxygen atoms in total. The molecule has 0 bridgehead atoms. The SMILES string of the molecule is Cc1ccc(Cl)cc1C1(OCC#N)CCN(Cc2cn[nH]c2)CC1. The highest BCUT2D eigenvalue weighted by atomic mass is 35.5. The van der Waals surface area contributed by atoms with E-state index in [2.05, 4.69) is 28.1 Å². The van der Waals surface area contributed by atoms with E-state index in [1.54, 1.807) is 0 Å². The highest BCUT2D eigenvalue weighted by molar-refractivity contribution is 6.30. The van der Waals surface area contributed by atoms with E-state index in [-0.39, 0.29) is 6.61 Å². The van der Waals surface area contributed by atoms with Gasteiger partial charge in [-0.05, 0) is 43.0 Å². The Morgan fingerprint density at radius 2 is 2.21 bits per heavy atom. The Morgan fingerprint density at radius 3 is 2.88 bits per heavy atom. The fraction of sp³-hybridized carbons (Fsp3) is 0.444. The quantitative estimate of drug-likeness (QED) is 0.902. The van der Waals surface area contributed by atoms with Gasteiger partial charge < -0.3 is 4.74 Å².